The molecule has 108 valence electrons. The number of benzene rings is 1. The lowest BCUT2D eigenvalue weighted by Crippen LogP contribution is -2.29. The molecule has 0 unspecified atom stereocenters. The summed E-state index contributed by atoms with van der Waals surface area (Å²) in [6.45, 7) is 10.9. The number of amides is 1. The maximum atomic E-state index is 12.0. The van der Waals surface area contributed by atoms with Gasteiger partial charge in [0.05, 0.1) is 0 Å². The van der Waals surface area contributed by atoms with Gasteiger partial charge in [0.25, 0.3) is 0 Å². The summed E-state index contributed by atoms with van der Waals surface area (Å²) >= 11 is 0. The zero-order chi connectivity index (χ0) is 15.3. The van der Waals surface area contributed by atoms with Gasteiger partial charge in [-0.1, -0.05) is 27.4 Å². The Hall–Kier alpha value is -2.10. The molecule has 20 heavy (non-hydrogen) atoms. The number of carbonyl (C=O) groups excluding carboxylic acids is 2. The van der Waals surface area contributed by atoms with E-state index in [1.807, 2.05) is 20.8 Å². The van der Waals surface area contributed by atoms with Crippen molar-refractivity contribution in [1.29, 1.82) is 0 Å². The number of hydrogen-bond donors (Lipinski definition) is 1. The largest absolute Gasteiger partial charge is 0.423 e. The summed E-state index contributed by atoms with van der Waals surface area (Å²) in [5, 5.41) is 2.84. The van der Waals surface area contributed by atoms with Gasteiger partial charge < -0.3 is 10.1 Å². The van der Waals surface area contributed by atoms with Crippen molar-refractivity contribution in [3.8, 4) is 5.75 Å². The summed E-state index contributed by atoms with van der Waals surface area (Å²) in [5.74, 6) is -0.0775. The highest BCUT2D eigenvalue weighted by atomic mass is 16.5. The molecule has 0 fully saturated rings. The van der Waals surface area contributed by atoms with Crippen LogP contribution in [0.1, 0.15) is 34.1 Å². The number of anilines is 1. The summed E-state index contributed by atoms with van der Waals surface area (Å²) in [7, 11) is 0. The van der Waals surface area contributed by atoms with Gasteiger partial charge in [-0.05, 0) is 37.6 Å². The van der Waals surface area contributed by atoms with E-state index in [2.05, 4.69) is 11.9 Å². The lowest BCUT2D eigenvalue weighted by atomic mass is 9.89. The molecule has 1 rings (SSSR count). The standard InChI is InChI=1S/C16H21NO3/c1-6-16(4,5)15(19)17-12-7-9-13(10-8-12)20-14(18)11(2)3/h7-10H,2,6H2,1,3-5H3,(H,17,19). The van der Waals surface area contributed by atoms with Gasteiger partial charge in [0.1, 0.15) is 5.75 Å². The zero-order valence-corrected chi connectivity index (χ0v) is 12.4. The highest BCUT2D eigenvalue weighted by molar-refractivity contribution is 5.94. The van der Waals surface area contributed by atoms with E-state index in [0.29, 0.717) is 17.0 Å². The van der Waals surface area contributed by atoms with E-state index < -0.39 is 11.4 Å². The van der Waals surface area contributed by atoms with Crippen LogP contribution in [0.4, 0.5) is 5.69 Å². The third-order valence-corrected chi connectivity index (χ3v) is 3.17. The molecule has 0 heterocycles. The predicted octanol–water partition coefficient (Wildman–Crippen LogP) is 3.54. The van der Waals surface area contributed by atoms with Crippen LogP contribution >= 0.6 is 0 Å². The molecule has 1 N–H and O–H groups in total. The molecule has 0 saturated heterocycles. The molecular formula is C16H21NO3. The van der Waals surface area contributed by atoms with Crippen molar-refractivity contribution in [3.63, 3.8) is 0 Å². The van der Waals surface area contributed by atoms with Gasteiger partial charge in [0.2, 0.25) is 5.91 Å². The van der Waals surface area contributed by atoms with Crippen molar-refractivity contribution in [2.24, 2.45) is 5.41 Å². The lowest BCUT2D eigenvalue weighted by Gasteiger charge is -2.21. The Kier molecular flexibility index (Phi) is 5.08. The Morgan fingerprint density at radius 3 is 2.25 bits per heavy atom. The van der Waals surface area contributed by atoms with E-state index in [9.17, 15) is 9.59 Å². The molecule has 4 heteroatoms. The number of nitrogens with one attached hydrogen (secondary N) is 1. The van der Waals surface area contributed by atoms with Crippen molar-refractivity contribution in [2.45, 2.75) is 34.1 Å². The maximum Gasteiger partial charge on any atom is 0.338 e. The van der Waals surface area contributed by atoms with Gasteiger partial charge in [0.15, 0.2) is 0 Å². The van der Waals surface area contributed by atoms with Gasteiger partial charge >= 0.3 is 5.97 Å². The molecule has 0 aliphatic carbocycles. The van der Waals surface area contributed by atoms with Crippen LogP contribution in [-0.4, -0.2) is 11.9 Å². The minimum atomic E-state index is -0.464. The number of hydrogen-bond acceptors (Lipinski definition) is 3. The van der Waals surface area contributed by atoms with E-state index in [1.165, 1.54) is 0 Å². The highest BCUT2D eigenvalue weighted by Crippen LogP contribution is 2.23. The number of ether oxygens (including phenoxy) is 1. The van der Waals surface area contributed by atoms with Crippen LogP contribution in [0.25, 0.3) is 0 Å². The SMILES string of the molecule is C=C(C)C(=O)Oc1ccc(NC(=O)C(C)(C)CC)cc1. The van der Waals surface area contributed by atoms with Crippen LogP contribution in [0.5, 0.6) is 5.75 Å². The fraction of sp³-hybridized carbons (Fsp3) is 0.375. The van der Waals surface area contributed by atoms with E-state index in [-0.39, 0.29) is 5.91 Å². The topological polar surface area (TPSA) is 55.4 Å². The Balaban J connectivity index is 2.70. The zero-order valence-electron chi connectivity index (χ0n) is 12.4. The average Bonchev–Trinajstić information content (AvgIpc) is 2.40. The molecule has 0 bridgehead atoms. The first-order valence-electron chi connectivity index (χ1n) is 6.55. The molecule has 1 amide bonds. The normalized spacial score (nSPS) is 10.8. The average molecular weight is 275 g/mol. The monoisotopic (exact) mass is 275 g/mol. The number of carbonyl (C=O) groups is 2. The van der Waals surface area contributed by atoms with Crippen LogP contribution in [0, 0.1) is 5.41 Å². The molecule has 0 radical (unpaired) electrons. The second-order valence-corrected chi connectivity index (χ2v) is 5.39. The number of rotatable bonds is 5. The van der Waals surface area contributed by atoms with Crippen LogP contribution in [0.15, 0.2) is 36.4 Å². The fourth-order valence-corrected chi connectivity index (χ4v) is 1.26. The summed E-state index contributed by atoms with van der Waals surface area (Å²) in [6, 6.07) is 6.67. The third kappa shape index (κ3) is 4.23. The van der Waals surface area contributed by atoms with Crippen LogP contribution < -0.4 is 10.1 Å². The van der Waals surface area contributed by atoms with Gasteiger partial charge in [-0.15, -0.1) is 0 Å². The van der Waals surface area contributed by atoms with Crippen molar-refractivity contribution >= 4 is 17.6 Å². The Morgan fingerprint density at radius 1 is 1.25 bits per heavy atom. The first kappa shape index (κ1) is 16.0. The highest BCUT2D eigenvalue weighted by Gasteiger charge is 2.25. The Bertz CT molecular complexity index is 515. The van der Waals surface area contributed by atoms with E-state index >= 15 is 0 Å². The fourth-order valence-electron chi connectivity index (χ4n) is 1.26. The second kappa shape index (κ2) is 6.37. The molecule has 0 aliphatic heterocycles. The van der Waals surface area contributed by atoms with Crippen molar-refractivity contribution in [1.82, 2.24) is 0 Å². The van der Waals surface area contributed by atoms with E-state index in [0.717, 1.165) is 6.42 Å². The van der Waals surface area contributed by atoms with Crippen LogP contribution in [-0.2, 0) is 9.59 Å². The quantitative estimate of drug-likeness (QED) is 0.508. The second-order valence-electron chi connectivity index (χ2n) is 5.39. The summed E-state index contributed by atoms with van der Waals surface area (Å²) in [4.78, 5) is 23.4. The first-order valence-corrected chi connectivity index (χ1v) is 6.55. The maximum absolute atomic E-state index is 12.0. The number of esters is 1. The Labute approximate surface area is 119 Å². The Morgan fingerprint density at radius 2 is 1.80 bits per heavy atom. The van der Waals surface area contributed by atoms with Crippen LogP contribution in [0.2, 0.25) is 0 Å². The summed E-state index contributed by atoms with van der Waals surface area (Å²) in [6.07, 6.45) is 0.757. The summed E-state index contributed by atoms with van der Waals surface area (Å²) in [5.41, 5.74) is 0.601. The van der Waals surface area contributed by atoms with E-state index in [1.54, 1.807) is 31.2 Å². The molecule has 1 aromatic rings. The molecule has 4 nitrogen and oxygen atoms in total. The van der Waals surface area contributed by atoms with Crippen molar-refractivity contribution in [3.05, 3.63) is 36.4 Å². The van der Waals surface area contributed by atoms with E-state index in [4.69, 9.17) is 4.74 Å². The molecule has 0 aliphatic rings. The lowest BCUT2D eigenvalue weighted by molar-refractivity contribution is -0.130. The molecule has 0 saturated carbocycles. The minimum absolute atomic E-state index is 0.0355. The molecule has 0 spiro atoms. The first-order chi connectivity index (χ1) is 9.26. The molecule has 0 aromatic heterocycles. The smallest absolute Gasteiger partial charge is 0.338 e. The molecular weight excluding hydrogens is 254 g/mol. The van der Waals surface area contributed by atoms with Crippen molar-refractivity contribution < 1.29 is 14.3 Å². The summed E-state index contributed by atoms with van der Waals surface area (Å²) < 4.78 is 5.07. The van der Waals surface area contributed by atoms with Gasteiger partial charge in [-0.25, -0.2) is 4.79 Å². The van der Waals surface area contributed by atoms with Gasteiger partial charge in [0, 0.05) is 16.7 Å². The van der Waals surface area contributed by atoms with Gasteiger partial charge in [-0.2, -0.15) is 0 Å². The molecule has 1 aromatic carbocycles. The van der Waals surface area contributed by atoms with Crippen molar-refractivity contribution in [2.75, 3.05) is 5.32 Å². The minimum Gasteiger partial charge on any atom is -0.423 e. The predicted molar refractivity (Wildman–Crippen MR) is 79.6 cm³/mol. The molecule has 0 atom stereocenters. The van der Waals surface area contributed by atoms with Gasteiger partial charge in [-0.3, -0.25) is 4.79 Å². The third-order valence-electron chi connectivity index (χ3n) is 3.17. The van der Waals surface area contributed by atoms with Crippen LogP contribution in [0.3, 0.4) is 0 Å².